The summed E-state index contributed by atoms with van der Waals surface area (Å²) in [5.41, 5.74) is 2.47. The van der Waals surface area contributed by atoms with Gasteiger partial charge in [-0.1, -0.05) is 72.5 Å². The second kappa shape index (κ2) is 7.94. The van der Waals surface area contributed by atoms with Crippen LogP contribution in [0.15, 0.2) is 72.3 Å². The van der Waals surface area contributed by atoms with Crippen LogP contribution in [0.2, 0.25) is 0 Å². The summed E-state index contributed by atoms with van der Waals surface area (Å²) in [4.78, 5) is 12.2. The molecule has 0 bridgehead atoms. The number of allylic oxidation sites excluding steroid dienone is 1. The van der Waals surface area contributed by atoms with Gasteiger partial charge in [-0.3, -0.25) is 4.79 Å². The number of aliphatic hydroxyl groups excluding tert-OH is 1. The van der Waals surface area contributed by atoms with Crippen LogP contribution in [0.3, 0.4) is 0 Å². The van der Waals surface area contributed by atoms with Crippen LogP contribution in [0.25, 0.3) is 0 Å². The highest BCUT2D eigenvalue weighted by Crippen LogP contribution is 2.29. The van der Waals surface area contributed by atoms with Crippen molar-refractivity contribution in [1.82, 2.24) is 5.32 Å². The van der Waals surface area contributed by atoms with E-state index in [1.165, 1.54) is 0 Å². The highest BCUT2D eigenvalue weighted by atomic mass is 16.3. The Morgan fingerprint density at radius 1 is 1.04 bits per heavy atom. The van der Waals surface area contributed by atoms with Crippen molar-refractivity contribution in [2.75, 3.05) is 6.54 Å². The van der Waals surface area contributed by atoms with Crippen LogP contribution in [0.1, 0.15) is 30.2 Å². The SMILES string of the molecule is CC1C#CC=C(CNC(c2ccccc2)C(O)c2ccccc2)C1=O. The summed E-state index contributed by atoms with van der Waals surface area (Å²) in [6, 6.07) is 19.0. The Balaban J connectivity index is 1.82. The number of aliphatic hydroxyl groups is 1. The summed E-state index contributed by atoms with van der Waals surface area (Å²) in [5, 5.41) is 14.2. The van der Waals surface area contributed by atoms with E-state index in [9.17, 15) is 9.90 Å². The van der Waals surface area contributed by atoms with Gasteiger partial charge in [0.15, 0.2) is 5.78 Å². The molecule has 1 aliphatic rings. The van der Waals surface area contributed by atoms with Crippen molar-refractivity contribution in [1.29, 1.82) is 0 Å². The van der Waals surface area contributed by atoms with Crippen LogP contribution < -0.4 is 5.32 Å². The van der Waals surface area contributed by atoms with Gasteiger partial charge >= 0.3 is 0 Å². The fourth-order valence-electron chi connectivity index (χ4n) is 2.94. The molecule has 25 heavy (non-hydrogen) atoms. The smallest absolute Gasteiger partial charge is 0.175 e. The summed E-state index contributed by atoms with van der Waals surface area (Å²) >= 11 is 0. The lowest BCUT2D eigenvalue weighted by Crippen LogP contribution is -2.32. The van der Waals surface area contributed by atoms with Gasteiger partial charge < -0.3 is 10.4 Å². The predicted octanol–water partition coefficient (Wildman–Crippen LogP) is 3.20. The maximum absolute atomic E-state index is 12.2. The van der Waals surface area contributed by atoms with Gasteiger partial charge in [0, 0.05) is 12.1 Å². The number of hydrogen-bond acceptors (Lipinski definition) is 3. The first kappa shape index (κ1) is 17.2. The summed E-state index contributed by atoms with van der Waals surface area (Å²) in [6.45, 7) is 2.19. The van der Waals surface area contributed by atoms with Crippen molar-refractivity contribution >= 4 is 5.78 Å². The first-order chi connectivity index (χ1) is 12.2. The van der Waals surface area contributed by atoms with E-state index in [2.05, 4.69) is 17.2 Å². The number of carbonyl (C=O) groups excluding carboxylic acids is 1. The Hall–Kier alpha value is -2.67. The Morgan fingerprint density at radius 2 is 1.64 bits per heavy atom. The van der Waals surface area contributed by atoms with Crippen molar-refractivity contribution < 1.29 is 9.90 Å². The van der Waals surface area contributed by atoms with Crippen molar-refractivity contribution in [3.05, 3.63) is 83.4 Å². The lowest BCUT2D eigenvalue weighted by atomic mass is 9.93. The molecule has 0 spiro atoms. The molecule has 2 N–H and O–H groups in total. The molecule has 3 unspecified atom stereocenters. The molecule has 2 aromatic carbocycles. The molecular weight excluding hydrogens is 310 g/mol. The van der Waals surface area contributed by atoms with Crippen LogP contribution in [0.5, 0.6) is 0 Å². The van der Waals surface area contributed by atoms with Crippen LogP contribution in [-0.4, -0.2) is 17.4 Å². The van der Waals surface area contributed by atoms with Crippen LogP contribution in [0.4, 0.5) is 0 Å². The Kier molecular flexibility index (Phi) is 5.45. The Morgan fingerprint density at radius 3 is 2.28 bits per heavy atom. The molecule has 126 valence electrons. The molecule has 0 amide bonds. The van der Waals surface area contributed by atoms with Gasteiger partial charge in [0.1, 0.15) is 0 Å². The van der Waals surface area contributed by atoms with Crippen molar-refractivity contribution in [2.24, 2.45) is 5.92 Å². The largest absolute Gasteiger partial charge is 0.386 e. The number of rotatable bonds is 6. The number of ketones is 1. The van der Waals surface area contributed by atoms with Gasteiger partial charge in [-0.2, -0.15) is 0 Å². The third kappa shape index (κ3) is 4.06. The first-order valence-corrected chi connectivity index (χ1v) is 8.42. The average molecular weight is 331 g/mol. The monoisotopic (exact) mass is 331 g/mol. The fraction of sp³-hybridized carbons (Fsp3) is 0.227. The molecule has 0 aromatic heterocycles. The number of hydrogen-bond donors (Lipinski definition) is 2. The van der Waals surface area contributed by atoms with E-state index in [4.69, 9.17) is 0 Å². The summed E-state index contributed by atoms with van der Waals surface area (Å²) < 4.78 is 0. The first-order valence-electron chi connectivity index (χ1n) is 8.42. The Bertz CT molecular complexity index is 815. The number of nitrogens with one attached hydrogen (secondary N) is 1. The standard InChI is InChI=1S/C22H21NO2/c1-16-9-8-14-19(21(16)24)15-23-20(17-10-4-2-5-11-17)22(25)18-12-6-3-7-13-18/h2-7,10-14,16,20,22-23,25H,15H2,1H3. The maximum Gasteiger partial charge on any atom is 0.175 e. The minimum Gasteiger partial charge on any atom is -0.386 e. The molecule has 0 heterocycles. The zero-order valence-corrected chi connectivity index (χ0v) is 14.1. The van der Waals surface area contributed by atoms with Gasteiger partial charge in [0.2, 0.25) is 0 Å². The summed E-state index contributed by atoms with van der Waals surface area (Å²) in [7, 11) is 0. The van der Waals surface area contributed by atoms with Gasteiger partial charge in [-0.15, -0.1) is 0 Å². The van der Waals surface area contributed by atoms with E-state index >= 15 is 0 Å². The van der Waals surface area contributed by atoms with E-state index < -0.39 is 6.10 Å². The molecule has 0 radical (unpaired) electrons. The zero-order valence-electron chi connectivity index (χ0n) is 14.1. The highest BCUT2D eigenvalue weighted by Gasteiger charge is 2.24. The quantitative estimate of drug-likeness (QED) is 0.799. The lowest BCUT2D eigenvalue weighted by molar-refractivity contribution is -0.117. The van der Waals surface area contributed by atoms with Crippen molar-refractivity contribution in [2.45, 2.75) is 19.1 Å². The van der Waals surface area contributed by atoms with Crippen molar-refractivity contribution in [3.8, 4) is 11.8 Å². The molecular formula is C22H21NO2. The summed E-state index contributed by atoms with van der Waals surface area (Å²) in [5.74, 6) is 5.56. The number of benzene rings is 2. The molecule has 1 aliphatic carbocycles. The molecule has 3 heteroatoms. The van der Waals surface area contributed by atoms with Crippen LogP contribution >= 0.6 is 0 Å². The maximum atomic E-state index is 12.2. The van der Waals surface area contributed by atoms with E-state index in [1.54, 1.807) is 6.08 Å². The van der Waals surface area contributed by atoms with E-state index in [-0.39, 0.29) is 17.7 Å². The van der Waals surface area contributed by atoms with E-state index in [0.29, 0.717) is 12.1 Å². The fourth-order valence-corrected chi connectivity index (χ4v) is 2.94. The Labute approximate surface area is 148 Å². The second-order valence-electron chi connectivity index (χ2n) is 6.17. The van der Waals surface area contributed by atoms with E-state index in [0.717, 1.165) is 11.1 Å². The van der Waals surface area contributed by atoms with Gasteiger partial charge in [-0.25, -0.2) is 0 Å². The molecule has 0 aliphatic heterocycles. The van der Waals surface area contributed by atoms with Gasteiger partial charge in [0.25, 0.3) is 0 Å². The van der Waals surface area contributed by atoms with Gasteiger partial charge in [-0.05, 0) is 24.1 Å². The highest BCUT2D eigenvalue weighted by molar-refractivity contribution is 6.00. The predicted molar refractivity (Wildman–Crippen MR) is 98.6 cm³/mol. The minimum atomic E-state index is -0.716. The molecule has 0 fully saturated rings. The molecule has 0 saturated heterocycles. The third-order valence-electron chi connectivity index (χ3n) is 4.38. The average Bonchev–Trinajstić information content (AvgIpc) is 2.66. The van der Waals surface area contributed by atoms with Crippen LogP contribution in [-0.2, 0) is 4.79 Å². The number of Topliss-reactive ketones (excluding diaryl/α,β-unsaturated/α-hetero) is 1. The van der Waals surface area contributed by atoms with E-state index in [1.807, 2.05) is 67.6 Å². The topological polar surface area (TPSA) is 49.3 Å². The second-order valence-corrected chi connectivity index (χ2v) is 6.17. The summed E-state index contributed by atoms with van der Waals surface area (Å²) in [6.07, 6.45) is 0.957. The van der Waals surface area contributed by atoms with Crippen LogP contribution in [0, 0.1) is 17.8 Å². The minimum absolute atomic E-state index is 0.0484. The zero-order chi connectivity index (χ0) is 17.6. The molecule has 3 nitrogen and oxygen atoms in total. The van der Waals surface area contributed by atoms with Crippen molar-refractivity contribution in [3.63, 3.8) is 0 Å². The lowest BCUT2D eigenvalue weighted by Gasteiger charge is -2.26. The van der Waals surface area contributed by atoms with Gasteiger partial charge in [0.05, 0.1) is 18.1 Å². The normalized spacial score (nSPS) is 18.7. The number of carbonyl (C=O) groups is 1. The molecule has 3 atom stereocenters. The molecule has 0 saturated carbocycles. The molecule has 3 rings (SSSR count). The molecule has 2 aromatic rings. The third-order valence-corrected chi connectivity index (χ3v) is 4.38.